The molecular formula is C33H55N5O7. The Labute approximate surface area is 267 Å². The number of esters is 1. The Hall–Kier alpha value is -3.18. The zero-order chi connectivity index (χ0) is 33.8. The molecule has 12 nitrogen and oxygen atoms in total. The third-order valence-electron chi connectivity index (χ3n) is 9.34. The van der Waals surface area contributed by atoms with Crippen LogP contribution in [-0.4, -0.2) is 77.2 Å². The topological polar surface area (TPSA) is 177 Å². The number of carbonyl (C=O) groups excluding carboxylic acids is 6. The predicted octanol–water partition coefficient (Wildman–Crippen LogP) is 2.67. The fraction of sp³-hybridized carbons (Fsp3) is 0.818. The Morgan fingerprint density at radius 1 is 0.889 bits per heavy atom. The molecule has 0 aromatic carbocycles. The second-order valence-electron chi connectivity index (χ2n) is 15.0. The van der Waals surface area contributed by atoms with Crippen LogP contribution in [0.4, 0.5) is 4.79 Å². The maximum absolute atomic E-state index is 14.2. The first kappa shape index (κ1) is 36.3. The molecule has 5 amide bonds. The number of ether oxygens (including phenoxy) is 1. The van der Waals surface area contributed by atoms with E-state index in [1.807, 2.05) is 55.4 Å². The van der Waals surface area contributed by atoms with Crippen molar-refractivity contribution in [3.63, 3.8) is 0 Å². The monoisotopic (exact) mass is 633 g/mol. The summed E-state index contributed by atoms with van der Waals surface area (Å²) in [6.45, 7) is 15.2. The second-order valence-corrected chi connectivity index (χ2v) is 15.0. The highest BCUT2D eigenvalue weighted by Crippen LogP contribution is 2.46. The number of carbonyl (C=O) groups is 6. The van der Waals surface area contributed by atoms with E-state index < -0.39 is 65.1 Å². The zero-order valence-corrected chi connectivity index (χ0v) is 28.3. The summed E-state index contributed by atoms with van der Waals surface area (Å²) in [7, 11) is 0. The lowest BCUT2D eigenvalue weighted by Gasteiger charge is -2.36. The Balaban J connectivity index is 1.77. The second kappa shape index (κ2) is 14.9. The highest BCUT2D eigenvalue weighted by molar-refractivity contribution is 6.37. The number of urea groups is 1. The van der Waals surface area contributed by atoms with Gasteiger partial charge < -0.3 is 31.3 Å². The Morgan fingerprint density at radius 3 is 1.91 bits per heavy atom. The molecule has 12 heteroatoms. The SMILES string of the molecule is CCCC(NC(=O)[C@@H]1C[C@@H](C(C)C)CN1C(=O)[C@@H](NC(=O)NC(C(=O)OC(C1CC1)C1CC1)C(C)C)C(C)(C)C)C(=O)C(N)=O. The molecular weight excluding hydrogens is 578 g/mol. The van der Waals surface area contributed by atoms with Crippen molar-refractivity contribution in [1.29, 1.82) is 0 Å². The fourth-order valence-electron chi connectivity index (χ4n) is 6.10. The lowest BCUT2D eigenvalue weighted by molar-refractivity contribution is -0.155. The van der Waals surface area contributed by atoms with Crippen molar-refractivity contribution < 1.29 is 33.5 Å². The highest BCUT2D eigenvalue weighted by atomic mass is 16.5. The molecule has 3 rings (SSSR count). The summed E-state index contributed by atoms with van der Waals surface area (Å²) in [4.78, 5) is 79.8. The molecule has 0 spiro atoms. The van der Waals surface area contributed by atoms with E-state index in [4.69, 9.17) is 10.5 Å². The van der Waals surface area contributed by atoms with Gasteiger partial charge in [-0.3, -0.25) is 19.2 Å². The van der Waals surface area contributed by atoms with Gasteiger partial charge in [0.2, 0.25) is 17.6 Å². The van der Waals surface area contributed by atoms with Gasteiger partial charge in [-0.05, 0) is 73.5 Å². The van der Waals surface area contributed by atoms with Crippen molar-refractivity contribution in [2.45, 2.75) is 131 Å². The highest BCUT2D eigenvalue weighted by Gasteiger charge is 2.47. The Bertz CT molecular complexity index is 1110. The molecule has 2 saturated carbocycles. The summed E-state index contributed by atoms with van der Waals surface area (Å²) in [5.74, 6) is -2.75. The minimum atomic E-state index is -1.13. The molecule has 3 aliphatic rings. The third-order valence-corrected chi connectivity index (χ3v) is 9.34. The van der Waals surface area contributed by atoms with Crippen LogP contribution in [0.1, 0.15) is 100 Å². The molecule has 5 N–H and O–H groups in total. The summed E-state index contributed by atoms with van der Waals surface area (Å²) in [6, 6.07) is -4.59. The third kappa shape index (κ3) is 9.66. The maximum Gasteiger partial charge on any atom is 0.329 e. The number of hydrogen-bond donors (Lipinski definition) is 4. The zero-order valence-electron chi connectivity index (χ0n) is 28.3. The molecule has 3 fully saturated rings. The van der Waals surface area contributed by atoms with Crippen molar-refractivity contribution in [3.05, 3.63) is 0 Å². The summed E-state index contributed by atoms with van der Waals surface area (Å²) in [5.41, 5.74) is 4.46. The average molecular weight is 634 g/mol. The van der Waals surface area contributed by atoms with Crippen LogP contribution in [0.5, 0.6) is 0 Å². The molecule has 45 heavy (non-hydrogen) atoms. The molecule has 1 aliphatic heterocycles. The number of amides is 5. The molecule has 0 aromatic heterocycles. The molecule has 0 radical (unpaired) electrons. The number of Topliss-reactive ketones (excluding diaryl/α,β-unsaturated/α-hetero) is 1. The summed E-state index contributed by atoms with van der Waals surface area (Å²) >= 11 is 0. The van der Waals surface area contributed by atoms with Gasteiger partial charge in [-0.2, -0.15) is 0 Å². The van der Waals surface area contributed by atoms with Crippen molar-refractivity contribution in [1.82, 2.24) is 20.9 Å². The quantitative estimate of drug-likeness (QED) is 0.158. The standard InChI is InChI=1S/C33H55N5O7/c1-9-10-22(25(39)28(34)40)35-29(41)23-15-21(17(2)3)16-38(23)30(42)27(33(6,7)8)37-32(44)36-24(18(4)5)31(43)45-26(19-11-12-19)20-13-14-20/h17-24,26-27H,9-16H2,1-8H3,(H2,34,40)(H,35,41)(H2,36,37,44)/t21-,22?,23+,24?,27-/m1/s1. The Morgan fingerprint density at radius 2 is 1.47 bits per heavy atom. The molecule has 254 valence electrons. The molecule has 0 bridgehead atoms. The minimum absolute atomic E-state index is 0.00147. The van der Waals surface area contributed by atoms with Crippen LogP contribution in [0.25, 0.3) is 0 Å². The number of likely N-dealkylation sites (tertiary alicyclic amines) is 1. The van der Waals surface area contributed by atoms with Gasteiger partial charge in [-0.15, -0.1) is 0 Å². The van der Waals surface area contributed by atoms with Crippen molar-refractivity contribution in [2.75, 3.05) is 6.54 Å². The van der Waals surface area contributed by atoms with Crippen LogP contribution in [0.2, 0.25) is 0 Å². The molecule has 2 aliphatic carbocycles. The summed E-state index contributed by atoms with van der Waals surface area (Å²) in [6.07, 6.45) is 5.24. The van der Waals surface area contributed by atoms with Crippen molar-refractivity contribution in [3.8, 4) is 0 Å². The lowest BCUT2D eigenvalue weighted by atomic mass is 9.85. The van der Waals surface area contributed by atoms with E-state index in [9.17, 15) is 28.8 Å². The smallest absolute Gasteiger partial charge is 0.329 e. The normalized spacial score (nSPS) is 22.2. The number of nitrogens with zero attached hydrogens (tertiary/aromatic N) is 1. The van der Waals surface area contributed by atoms with Crippen LogP contribution < -0.4 is 21.7 Å². The molecule has 2 unspecified atom stereocenters. The van der Waals surface area contributed by atoms with Gasteiger partial charge in [-0.1, -0.05) is 61.8 Å². The van der Waals surface area contributed by atoms with E-state index in [1.165, 1.54) is 4.90 Å². The molecule has 0 aromatic rings. The van der Waals surface area contributed by atoms with Gasteiger partial charge in [-0.25, -0.2) is 9.59 Å². The summed E-state index contributed by atoms with van der Waals surface area (Å²) in [5, 5.41) is 8.22. The first-order valence-electron chi connectivity index (χ1n) is 16.7. The number of hydrogen-bond acceptors (Lipinski definition) is 7. The van der Waals surface area contributed by atoms with E-state index in [2.05, 4.69) is 16.0 Å². The van der Waals surface area contributed by atoms with Crippen LogP contribution in [0.15, 0.2) is 0 Å². The lowest BCUT2D eigenvalue weighted by Crippen LogP contribution is -2.61. The first-order valence-corrected chi connectivity index (χ1v) is 16.7. The van der Waals surface area contributed by atoms with Crippen LogP contribution in [0.3, 0.4) is 0 Å². The average Bonchev–Trinajstić information content (AvgIpc) is 3.89. The van der Waals surface area contributed by atoms with Crippen molar-refractivity contribution in [2.24, 2.45) is 40.7 Å². The molecule has 1 heterocycles. The predicted molar refractivity (Wildman–Crippen MR) is 168 cm³/mol. The number of rotatable bonds is 15. The van der Waals surface area contributed by atoms with E-state index in [1.54, 1.807) is 0 Å². The first-order chi connectivity index (χ1) is 21.0. The fourth-order valence-corrected chi connectivity index (χ4v) is 6.10. The number of primary amides is 1. The van der Waals surface area contributed by atoms with Gasteiger partial charge in [0.1, 0.15) is 24.2 Å². The van der Waals surface area contributed by atoms with Gasteiger partial charge in [0.05, 0.1) is 6.04 Å². The number of nitrogens with two attached hydrogens (primary N) is 1. The largest absolute Gasteiger partial charge is 0.460 e. The number of ketones is 1. The van der Waals surface area contributed by atoms with E-state index in [-0.39, 0.29) is 36.8 Å². The van der Waals surface area contributed by atoms with Gasteiger partial charge >= 0.3 is 12.0 Å². The van der Waals surface area contributed by atoms with Crippen molar-refractivity contribution >= 4 is 35.5 Å². The van der Waals surface area contributed by atoms with Gasteiger partial charge in [0.15, 0.2) is 0 Å². The van der Waals surface area contributed by atoms with Crippen LogP contribution >= 0.6 is 0 Å². The van der Waals surface area contributed by atoms with E-state index in [0.717, 1.165) is 25.7 Å². The van der Waals surface area contributed by atoms with Crippen LogP contribution in [0, 0.1) is 35.0 Å². The van der Waals surface area contributed by atoms with E-state index in [0.29, 0.717) is 24.7 Å². The van der Waals surface area contributed by atoms with Gasteiger partial charge in [0.25, 0.3) is 5.91 Å². The molecule has 1 saturated heterocycles. The molecule has 5 atom stereocenters. The number of nitrogens with one attached hydrogen (secondary N) is 3. The van der Waals surface area contributed by atoms with E-state index >= 15 is 0 Å². The van der Waals surface area contributed by atoms with Crippen LogP contribution in [-0.2, 0) is 28.7 Å². The summed E-state index contributed by atoms with van der Waals surface area (Å²) < 4.78 is 5.92. The minimum Gasteiger partial charge on any atom is -0.460 e. The maximum atomic E-state index is 14.2. The Kier molecular flexibility index (Phi) is 12.0. The van der Waals surface area contributed by atoms with Gasteiger partial charge in [0, 0.05) is 6.54 Å².